The smallest absolute Gasteiger partial charge is 0.335 e. The van der Waals surface area contributed by atoms with Crippen molar-refractivity contribution < 1.29 is 22.4 Å². The van der Waals surface area contributed by atoms with Crippen LogP contribution < -0.4 is 10.6 Å². The van der Waals surface area contributed by atoms with Gasteiger partial charge in [-0.3, -0.25) is 0 Å². The quantitative estimate of drug-likeness (QED) is 0.796. The first-order valence-corrected chi connectivity index (χ1v) is 7.65. The molecule has 23 heavy (non-hydrogen) atoms. The maximum absolute atomic E-state index is 13.6. The molecule has 0 heterocycles. The number of urea groups is 1. The molecule has 1 saturated carbocycles. The number of benzene rings is 1. The first-order chi connectivity index (χ1) is 10.8. The molecule has 0 bridgehead atoms. The standard InChI is InChI=1S/C16H20F4N2O/c1-10(13-7-2-3-8-14(13)17)21-15(23)22-12-6-4-5-11(9-12)16(18,19)20/h2-3,7-8,10-12H,4-6,9H2,1H3,(H2,21,22,23). The van der Waals surface area contributed by atoms with Crippen molar-refractivity contribution in [2.24, 2.45) is 5.92 Å². The molecular weight excluding hydrogens is 312 g/mol. The molecule has 1 aliphatic rings. The minimum absolute atomic E-state index is 0.106. The van der Waals surface area contributed by atoms with Crippen molar-refractivity contribution in [3.05, 3.63) is 35.6 Å². The number of halogens is 4. The van der Waals surface area contributed by atoms with E-state index in [1.807, 2.05) is 0 Å². The van der Waals surface area contributed by atoms with Crippen molar-refractivity contribution in [1.29, 1.82) is 0 Å². The minimum Gasteiger partial charge on any atom is -0.335 e. The molecule has 1 aromatic rings. The van der Waals surface area contributed by atoms with Gasteiger partial charge in [0.05, 0.1) is 12.0 Å². The van der Waals surface area contributed by atoms with Crippen molar-refractivity contribution >= 4 is 6.03 Å². The summed E-state index contributed by atoms with van der Waals surface area (Å²) in [6.45, 7) is 1.62. The number of rotatable bonds is 3. The Balaban J connectivity index is 1.88. The molecule has 0 aromatic heterocycles. The average molecular weight is 332 g/mol. The summed E-state index contributed by atoms with van der Waals surface area (Å²) in [5.41, 5.74) is 0.333. The highest BCUT2D eigenvalue weighted by molar-refractivity contribution is 5.74. The van der Waals surface area contributed by atoms with Crippen molar-refractivity contribution in [3.63, 3.8) is 0 Å². The molecule has 1 aromatic carbocycles. The predicted molar refractivity (Wildman–Crippen MR) is 78.3 cm³/mol. The SMILES string of the molecule is CC(NC(=O)NC1CCCC(C(F)(F)F)C1)c1ccccc1F. The van der Waals surface area contributed by atoms with Gasteiger partial charge in [-0.25, -0.2) is 9.18 Å². The average Bonchev–Trinajstić information content (AvgIpc) is 2.46. The highest BCUT2D eigenvalue weighted by Crippen LogP contribution is 2.37. The number of carbonyl (C=O) groups excluding carboxylic acids is 1. The second-order valence-corrected chi connectivity index (χ2v) is 5.96. The lowest BCUT2D eigenvalue weighted by atomic mass is 9.85. The Morgan fingerprint density at radius 3 is 2.61 bits per heavy atom. The van der Waals surface area contributed by atoms with Crippen LogP contribution in [-0.4, -0.2) is 18.2 Å². The Labute approximate surface area is 132 Å². The van der Waals surface area contributed by atoms with Gasteiger partial charge in [0.1, 0.15) is 5.82 Å². The number of amides is 2. The van der Waals surface area contributed by atoms with Crippen molar-refractivity contribution in [1.82, 2.24) is 10.6 Å². The first kappa shape index (κ1) is 17.6. The van der Waals surface area contributed by atoms with E-state index in [0.717, 1.165) is 0 Å². The summed E-state index contributed by atoms with van der Waals surface area (Å²) in [6, 6.07) is 4.39. The molecule has 0 radical (unpaired) electrons. The maximum Gasteiger partial charge on any atom is 0.391 e. The van der Waals surface area contributed by atoms with Crippen LogP contribution in [0.3, 0.4) is 0 Å². The number of alkyl halides is 3. The highest BCUT2D eigenvalue weighted by Gasteiger charge is 2.42. The second kappa shape index (κ2) is 7.19. The van der Waals surface area contributed by atoms with Crippen LogP contribution in [0, 0.1) is 11.7 Å². The summed E-state index contributed by atoms with van der Waals surface area (Å²) in [5.74, 6) is -1.80. The largest absolute Gasteiger partial charge is 0.391 e. The second-order valence-electron chi connectivity index (χ2n) is 5.96. The molecule has 0 saturated heterocycles. The van der Waals surface area contributed by atoms with Gasteiger partial charge in [0.2, 0.25) is 0 Å². The summed E-state index contributed by atoms with van der Waals surface area (Å²) in [5, 5.41) is 5.14. The van der Waals surface area contributed by atoms with E-state index in [1.165, 1.54) is 6.07 Å². The Morgan fingerprint density at radius 2 is 1.96 bits per heavy atom. The van der Waals surface area contributed by atoms with Crippen LogP contribution in [0.2, 0.25) is 0 Å². The van der Waals surface area contributed by atoms with Crippen LogP contribution in [0.4, 0.5) is 22.4 Å². The fourth-order valence-electron chi connectivity index (χ4n) is 2.95. The van der Waals surface area contributed by atoms with Crippen LogP contribution in [0.25, 0.3) is 0 Å². The fourth-order valence-corrected chi connectivity index (χ4v) is 2.95. The van der Waals surface area contributed by atoms with E-state index in [2.05, 4.69) is 10.6 Å². The van der Waals surface area contributed by atoms with Gasteiger partial charge in [-0.1, -0.05) is 24.6 Å². The van der Waals surface area contributed by atoms with Crippen molar-refractivity contribution in [2.45, 2.75) is 50.9 Å². The molecular formula is C16H20F4N2O. The topological polar surface area (TPSA) is 41.1 Å². The van der Waals surface area contributed by atoms with E-state index in [0.29, 0.717) is 18.4 Å². The molecule has 2 rings (SSSR count). The Bertz CT molecular complexity index is 547. The molecule has 3 atom stereocenters. The molecule has 128 valence electrons. The first-order valence-electron chi connectivity index (χ1n) is 7.65. The minimum atomic E-state index is -4.22. The fraction of sp³-hybridized carbons (Fsp3) is 0.562. The van der Waals surface area contributed by atoms with E-state index >= 15 is 0 Å². The van der Waals surface area contributed by atoms with Gasteiger partial charge in [0.25, 0.3) is 0 Å². The van der Waals surface area contributed by atoms with Crippen LogP contribution in [0.1, 0.15) is 44.2 Å². The molecule has 7 heteroatoms. The molecule has 2 amide bonds. The third kappa shape index (κ3) is 4.84. The Morgan fingerprint density at radius 1 is 1.26 bits per heavy atom. The van der Waals surface area contributed by atoms with E-state index in [9.17, 15) is 22.4 Å². The predicted octanol–water partition coefficient (Wildman–Crippen LogP) is 4.31. The normalized spacial score (nSPS) is 23.2. The van der Waals surface area contributed by atoms with Gasteiger partial charge in [-0.15, -0.1) is 0 Å². The maximum atomic E-state index is 13.6. The van der Waals surface area contributed by atoms with E-state index in [4.69, 9.17) is 0 Å². The third-order valence-corrected chi connectivity index (χ3v) is 4.19. The molecule has 1 aliphatic carbocycles. The third-order valence-electron chi connectivity index (χ3n) is 4.19. The summed E-state index contributed by atoms with van der Waals surface area (Å²) in [6.07, 6.45) is -3.27. The van der Waals surface area contributed by atoms with Gasteiger partial charge < -0.3 is 10.6 Å². The van der Waals surface area contributed by atoms with Gasteiger partial charge in [0.15, 0.2) is 0 Å². The van der Waals surface area contributed by atoms with Crippen LogP contribution in [0.15, 0.2) is 24.3 Å². The summed E-state index contributed by atoms with van der Waals surface area (Å²) in [4.78, 5) is 11.9. The highest BCUT2D eigenvalue weighted by atomic mass is 19.4. The van der Waals surface area contributed by atoms with Crippen LogP contribution in [0.5, 0.6) is 0 Å². The number of nitrogens with one attached hydrogen (secondary N) is 2. The lowest BCUT2D eigenvalue weighted by molar-refractivity contribution is -0.183. The van der Waals surface area contributed by atoms with Crippen LogP contribution in [-0.2, 0) is 0 Å². The van der Waals surface area contributed by atoms with Crippen LogP contribution >= 0.6 is 0 Å². The molecule has 3 unspecified atom stereocenters. The van der Waals surface area contributed by atoms with E-state index in [-0.39, 0.29) is 12.8 Å². The lowest BCUT2D eigenvalue weighted by Crippen LogP contribution is -2.46. The van der Waals surface area contributed by atoms with Crippen molar-refractivity contribution in [3.8, 4) is 0 Å². The molecule has 2 N–H and O–H groups in total. The van der Waals surface area contributed by atoms with Crippen molar-refractivity contribution in [2.75, 3.05) is 0 Å². The van der Waals surface area contributed by atoms with Gasteiger partial charge in [-0.2, -0.15) is 13.2 Å². The zero-order chi connectivity index (χ0) is 17.0. The number of hydrogen-bond acceptors (Lipinski definition) is 1. The summed E-state index contributed by atoms with van der Waals surface area (Å²) in [7, 11) is 0. The summed E-state index contributed by atoms with van der Waals surface area (Å²) >= 11 is 0. The Kier molecular flexibility index (Phi) is 5.49. The number of hydrogen-bond donors (Lipinski definition) is 2. The van der Waals surface area contributed by atoms with Gasteiger partial charge >= 0.3 is 12.2 Å². The monoisotopic (exact) mass is 332 g/mol. The summed E-state index contributed by atoms with van der Waals surface area (Å²) < 4.78 is 51.9. The zero-order valence-electron chi connectivity index (χ0n) is 12.8. The molecule has 3 nitrogen and oxygen atoms in total. The zero-order valence-corrected chi connectivity index (χ0v) is 12.8. The Hall–Kier alpha value is -1.79. The van der Waals surface area contributed by atoms with E-state index < -0.39 is 36.0 Å². The number of carbonyl (C=O) groups is 1. The van der Waals surface area contributed by atoms with E-state index in [1.54, 1.807) is 25.1 Å². The lowest BCUT2D eigenvalue weighted by Gasteiger charge is -2.31. The molecule has 0 aliphatic heterocycles. The molecule has 1 fully saturated rings. The molecule has 0 spiro atoms. The van der Waals surface area contributed by atoms with Gasteiger partial charge in [-0.05, 0) is 32.3 Å². The van der Waals surface area contributed by atoms with Gasteiger partial charge in [0, 0.05) is 11.6 Å².